The highest BCUT2D eigenvalue weighted by Crippen LogP contribution is 2.26. The molecule has 3 heterocycles. The minimum absolute atomic E-state index is 0.121. The van der Waals surface area contributed by atoms with Crippen molar-refractivity contribution in [1.29, 1.82) is 0 Å². The smallest absolute Gasteiger partial charge is 0.255 e. The molecule has 0 spiro atoms. The summed E-state index contributed by atoms with van der Waals surface area (Å²) in [5, 5.41) is 12.4. The summed E-state index contributed by atoms with van der Waals surface area (Å²) >= 11 is 0. The molecule has 1 saturated heterocycles. The molecular weight excluding hydrogens is 439 g/mol. The molecule has 178 valence electrons. The molecule has 0 radical (unpaired) electrons. The average molecular weight is 467 g/mol. The molecular formula is C24H27FN6O3. The Hall–Kier alpha value is -3.79. The van der Waals surface area contributed by atoms with E-state index in [2.05, 4.69) is 26.8 Å². The molecule has 0 unspecified atom stereocenters. The van der Waals surface area contributed by atoms with Crippen LogP contribution < -0.4 is 10.2 Å². The number of anilines is 1. The maximum absolute atomic E-state index is 14.2. The molecule has 1 atom stereocenters. The summed E-state index contributed by atoms with van der Waals surface area (Å²) in [5.41, 5.74) is 0.771. The van der Waals surface area contributed by atoms with Gasteiger partial charge in [-0.15, -0.1) is 0 Å². The molecule has 9 nitrogen and oxygen atoms in total. The summed E-state index contributed by atoms with van der Waals surface area (Å²) in [4.78, 5) is 41.0. The fourth-order valence-corrected chi connectivity index (χ4v) is 4.29. The van der Waals surface area contributed by atoms with E-state index in [0.29, 0.717) is 36.6 Å². The predicted molar refractivity (Wildman–Crippen MR) is 126 cm³/mol. The number of hydrogen-bond acceptors (Lipinski definition) is 6. The van der Waals surface area contributed by atoms with Crippen LogP contribution in [0.3, 0.4) is 0 Å². The lowest BCUT2D eigenvalue weighted by atomic mass is 9.98. The summed E-state index contributed by atoms with van der Waals surface area (Å²) in [5.74, 6) is -0.571. The van der Waals surface area contributed by atoms with E-state index in [-0.39, 0.29) is 17.0 Å². The summed E-state index contributed by atoms with van der Waals surface area (Å²) in [6.07, 6.45) is 4.43. The zero-order chi connectivity index (χ0) is 24.5. The van der Waals surface area contributed by atoms with Crippen molar-refractivity contribution in [2.24, 2.45) is 0 Å². The first-order chi connectivity index (χ1) is 16.2. The van der Waals surface area contributed by atoms with Crippen molar-refractivity contribution in [2.75, 3.05) is 31.1 Å². The van der Waals surface area contributed by atoms with Crippen molar-refractivity contribution in [3.05, 3.63) is 66.3 Å². The Morgan fingerprint density at radius 3 is 2.79 bits per heavy atom. The van der Waals surface area contributed by atoms with Gasteiger partial charge in [0.2, 0.25) is 5.91 Å². The van der Waals surface area contributed by atoms with Crippen molar-refractivity contribution < 1.29 is 19.1 Å². The van der Waals surface area contributed by atoms with Gasteiger partial charge < -0.3 is 25.2 Å². The number of aromatic amines is 1. The number of aliphatic hydroxyl groups excluding tert-OH is 1. The fraction of sp³-hybridized carbons (Fsp3) is 0.333. The minimum atomic E-state index is -0.911. The molecule has 10 heteroatoms. The number of aliphatic hydroxyl groups is 1. The van der Waals surface area contributed by atoms with Crippen LogP contribution in [0.1, 0.15) is 35.8 Å². The predicted octanol–water partition coefficient (Wildman–Crippen LogP) is 2.17. The van der Waals surface area contributed by atoms with E-state index >= 15 is 0 Å². The number of benzene rings is 1. The Balaban J connectivity index is 1.58. The van der Waals surface area contributed by atoms with Gasteiger partial charge in [-0.05, 0) is 26.0 Å². The van der Waals surface area contributed by atoms with Crippen LogP contribution in [-0.4, -0.2) is 68.6 Å². The SMILES string of the molecule is C=CC(=O)N1CCN(c2cnc3[nH]cc(C(=O)N[C@@H](CO)c4ccccc4F)c3n2)CC1(C)C. The van der Waals surface area contributed by atoms with Gasteiger partial charge >= 0.3 is 0 Å². The van der Waals surface area contributed by atoms with Crippen molar-refractivity contribution in [2.45, 2.75) is 25.4 Å². The van der Waals surface area contributed by atoms with Gasteiger partial charge in [0.15, 0.2) is 5.65 Å². The molecule has 34 heavy (non-hydrogen) atoms. The standard InChI is InChI=1S/C24H27FN6O3/c1-4-20(33)31-10-9-30(14-24(31,2)3)19-12-27-22-21(29-19)16(11-26-22)23(34)28-18(13-32)15-7-5-6-8-17(15)25/h4-8,11-12,18,32H,1,9-10,13-14H2,2-3H3,(H,26,27)(H,28,34)/t18-/m0/s1. The van der Waals surface area contributed by atoms with Gasteiger partial charge in [0.1, 0.15) is 17.2 Å². The second-order valence-electron chi connectivity index (χ2n) is 8.79. The topological polar surface area (TPSA) is 114 Å². The summed E-state index contributed by atoms with van der Waals surface area (Å²) in [6, 6.07) is 5.06. The van der Waals surface area contributed by atoms with Crippen LogP contribution in [0, 0.1) is 5.82 Å². The number of fused-ring (bicyclic) bond motifs is 1. The Morgan fingerprint density at radius 1 is 1.35 bits per heavy atom. The lowest BCUT2D eigenvalue weighted by molar-refractivity contribution is -0.131. The van der Waals surface area contributed by atoms with E-state index < -0.39 is 29.9 Å². The Bertz CT molecular complexity index is 1240. The van der Waals surface area contributed by atoms with Gasteiger partial charge in [-0.25, -0.2) is 14.4 Å². The number of nitrogens with zero attached hydrogens (tertiary/aromatic N) is 4. The third-order valence-electron chi connectivity index (χ3n) is 6.05. The zero-order valence-electron chi connectivity index (χ0n) is 19.1. The van der Waals surface area contributed by atoms with Crippen molar-refractivity contribution in [3.63, 3.8) is 0 Å². The molecule has 1 aliphatic heterocycles. The normalized spacial score (nSPS) is 16.4. The number of carbonyl (C=O) groups excluding carboxylic acids is 2. The van der Waals surface area contributed by atoms with Gasteiger partial charge in [0.25, 0.3) is 5.91 Å². The molecule has 0 saturated carbocycles. The second kappa shape index (κ2) is 9.22. The molecule has 2 amide bonds. The van der Waals surface area contributed by atoms with E-state index in [9.17, 15) is 19.1 Å². The molecule has 4 rings (SSSR count). The number of halogens is 1. The number of H-pyrrole nitrogens is 1. The number of rotatable bonds is 6. The fourth-order valence-electron chi connectivity index (χ4n) is 4.29. The first-order valence-corrected chi connectivity index (χ1v) is 10.9. The van der Waals surface area contributed by atoms with Crippen LogP contribution in [0.5, 0.6) is 0 Å². The largest absolute Gasteiger partial charge is 0.394 e. The quantitative estimate of drug-likeness (QED) is 0.480. The second-order valence-corrected chi connectivity index (χ2v) is 8.79. The van der Waals surface area contributed by atoms with E-state index in [1.165, 1.54) is 24.4 Å². The number of hydrogen-bond donors (Lipinski definition) is 3. The molecule has 1 aliphatic rings. The molecule has 0 bridgehead atoms. The molecule has 1 fully saturated rings. The number of aromatic nitrogens is 3. The monoisotopic (exact) mass is 466 g/mol. The summed E-state index contributed by atoms with van der Waals surface area (Å²) in [7, 11) is 0. The lowest BCUT2D eigenvalue weighted by Gasteiger charge is -2.47. The highest BCUT2D eigenvalue weighted by molar-refractivity contribution is 6.04. The Kier molecular flexibility index (Phi) is 6.34. The van der Waals surface area contributed by atoms with Crippen LogP contribution in [-0.2, 0) is 4.79 Å². The van der Waals surface area contributed by atoms with Gasteiger partial charge in [0.05, 0.1) is 29.9 Å². The van der Waals surface area contributed by atoms with Crippen LogP contribution >= 0.6 is 0 Å². The van der Waals surface area contributed by atoms with Crippen molar-refractivity contribution in [1.82, 2.24) is 25.2 Å². The van der Waals surface area contributed by atoms with Crippen LogP contribution in [0.4, 0.5) is 10.2 Å². The maximum atomic E-state index is 14.2. The highest BCUT2D eigenvalue weighted by atomic mass is 19.1. The van der Waals surface area contributed by atoms with E-state index in [1.807, 2.05) is 18.7 Å². The van der Waals surface area contributed by atoms with Gasteiger partial charge in [-0.1, -0.05) is 24.8 Å². The first-order valence-electron chi connectivity index (χ1n) is 10.9. The number of amides is 2. The maximum Gasteiger partial charge on any atom is 0.255 e. The molecule has 3 aromatic rings. The van der Waals surface area contributed by atoms with Crippen molar-refractivity contribution in [3.8, 4) is 0 Å². The summed E-state index contributed by atoms with van der Waals surface area (Å²) in [6.45, 7) is 8.63. The van der Waals surface area contributed by atoms with Crippen LogP contribution in [0.2, 0.25) is 0 Å². The van der Waals surface area contributed by atoms with E-state index in [1.54, 1.807) is 23.2 Å². The van der Waals surface area contributed by atoms with E-state index in [0.717, 1.165) is 0 Å². The van der Waals surface area contributed by atoms with Crippen molar-refractivity contribution >= 4 is 28.8 Å². The molecule has 1 aromatic carbocycles. The molecule has 0 aliphatic carbocycles. The third-order valence-corrected chi connectivity index (χ3v) is 6.05. The summed E-state index contributed by atoms with van der Waals surface area (Å²) < 4.78 is 14.2. The highest BCUT2D eigenvalue weighted by Gasteiger charge is 2.36. The zero-order valence-corrected chi connectivity index (χ0v) is 19.1. The molecule has 2 aromatic heterocycles. The first kappa shape index (κ1) is 23.4. The molecule has 3 N–H and O–H groups in total. The van der Waals surface area contributed by atoms with Gasteiger partial charge in [0, 0.05) is 31.4 Å². The average Bonchev–Trinajstić information content (AvgIpc) is 3.25. The Morgan fingerprint density at radius 2 is 2.12 bits per heavy atom. The van der Waals surface area contributed by atoms with Crippen LogP contribution in [0.15, 0.2) is 49.3 Å². The van der Waals surface area contributed by atoms with Gasteiger partial charge in [-0.3, -0.25) is 9.59 Å². The number of carbonyl (C=O) groups is 2. The third kappa shape index (κ3) is 4.36. The van der Waals surface area contributed by atoms with Crippen LogP contribution in [0.25, 0.3) is 11.2 Å². The van der Waals surface area contributed by atoms with E-state index in [4.69, 9.17) is 0 Å². The number of piperazine rings is 1. The Labute approximate surface area is 196 Å². The lowest BCUT2D eigenvalue weighted by Crippen LogP contribution is -2.61. The number of nitrogens with one attached hydrogen (secondary N) is 2. The minimum Gasteiger partial charge on any atom is -0.394 e. The van der Waals surface area contributed by atoms with Gasteiger partial charge in [-0.2, -0.15) is 0 Å².